The quantitative estimate of drug-likeness (QED) is 0.536. The molecule has 14 heavy (non-hydrogen) atoms. The first-order chi connectivity index (χ1) is 6.52. The second-order valence-corrected chi connectivity index (χ2v) is 2.54. The zero-order valence-corrected chi connectivity index (χ0v) is 7.28. The number of hydrogen-bond acceptors (Lipinski definition) is 4. The van der Waals surface area contributed by atoms with Crippen LogP contribution < -0.4 is 5.01 Å². The summed E-state index contributed by atoms with van der Waals surface area (Å²) in [6, 6.07) is 5.24. The van der Waals surface area contributed by atoms with Crippen molar-refractivity contribution in [3.05, 3.63) is 44.5 Å². The molecular weight excluding hydrogens is 190 g/mol. The molecule has 7 nitrogen and oxygen atoms in total. The van der Waals surface area contributed by atoms with Crippen molar-refractivity contribution in [1.29, 1.82) is 0 Å². The van der Waals surface area contributed by atoms with Crippen LogP contribution in [0, 0.1) is 20.2 Å². The molecule has 0 radical (unpaired) electrons. The van der Waals surface area contributed by atoms with Gasteiger partial charge in [0, 0.05) is 12.1 Å². The zero-order valence-electron chi connectivity index (χ0n) is 7.28. The number of non-ortho nitro benzene ring substituents is 1. The molecular formula is C7H7N3O4. The van der Waals surface area contributed by atoms with Crippen LogP contribution in [0.5, 0.6) is 0 Å². The second-order valence-electron chi connectivity index (χ2n) is 2.54. The Balaban J connectivity index is 3.05. The molecule has 0 aliphatic rings. The van der Waals surface area contributed by atoms with Crippen LogP contribution in [-0.4, -0.2) is 17.0 Å². The van der Waals surface area contributed by atoms with Gasteiger partial charge in [0.25, 0.3) is 5.69 Å². The van der Waals surface area contributed by atoms with Gasteiger partial charge in [-0.25, -0.2) is 10.1 Å². The van der Waals surface area contributed by atoms with E-state index in [2.05, 4.69) is 0 Å². The number of rotatable bonds is 3. The van der Waals surface area contributed by atoms with Crippen LogP contribution in [0.4, 0.5) is 11.4 Å². The van der Waals surface area contributed by atoms with Gasteiger partial charge in [-0.15, -0.1) is 0 Å². The van der Waals surface area contributed by atoms with E-state index in [-0.39, 0.29) is 11.4 Å². The third-order valence-corrected chi connectivity index (χ3v) is 1.66. The van der Waals surface area contributed by atoms with E-state index < -0.39 is 9.96 Å². The number of anilines is 1. The van der Waals surface area contributed by atoms with Gasteiger partial charge >= 0.3 is 0 Å². The third kappa shape index (κ3) is 1.94. The van der Waals surface area contributed by atoms with Gasteiger partial charge in [0.1, 0.15) is 5.69 Å². The lowest BCUT2D eigenvalue weighted by molar-refractivity contribution is -0.490. The van der Waals surface area contributed by atoms with Crippen molar-refractivity contribution in [2.75, 3.05) is 12.1 Å². The summed E-state index contributed by atoms with van der Waals surface area (Å²) >= 11 is 0. The van der Waals surface area contributed by atoms with E-state index in [9.17, 15) is 20.2 Å². The van der Waals surface area contributed by atoms with Crippen LogP contribution >= 0.6 is 0 Å². The Morgan fingerprint density at radius 3 is 2.43 bits per heavy atom. The number of nitrogens with zero attached hydrogens (tertiary/aromatic N) is 3. The summed E-state index contributed by atoms with van der Waals surface area (Å²) in [4.78, 5) is 20.1. The second kappa shape index (κ2) is 3.69. The Labute approximate surface area is 78.8 Å². The van der Waals surface area contributed by atoms with E-state index in [1.54, 1.807) is 0 Å². The maximum Gasteiger partial charge on any atom is 0.271 e. The first kappa shape index (κ1) is 9.90. The molecule has 0 saturated carbocycles. The predicted molar refractivity (Wildman–Crippen MR) is 48.5 cm³/mol. The van der Waals surface area contributed by atoms with Crippen molar-refractivity contribution in [3.8, 4) is 0 Å². The number of hydrogen-bond donors (Lipinski definition) is 0. The van der Waals surface area contributed by atoms with Gasteiger partial charge in [-0.2, -0.15) is 0 Å². The average Bonchev–Trinajstić information content (AvgIpc) is 2.16. The van der Waals surface area contributed by atoms with E-state index >= 15 is 0 Å². The van der Waals surface area contributed by atoms with E-state index in [0.29, 0.717) is 5.01 Å². The maximum atomic E-state index is 10.4. The van der Waals surface area contributed by atoms with Crippen LogP contribution in [0.2, 0.25) is 0 Å². The first-order valence-electron chi connectivity index (χ1n) is 3.65. The summed E-state index contributed by atoms with van der Waals surface area (Å²) in [6.07, 6.45) is 0. The highest BCUT2D eigenvalue weighted by Crippen LogP contribution is 2.19. The molecule has 0 saturated heterocycles. The highest BCUT2D eigenvalue weighted by molar-refractivity contribution is 5.50. The van der Waals surface area contributed by atoms with Gasteiger partial charge in [-0.1, -0.05) is 11.1 Å². The minimum absolute atomic E-state index is 0.170. The largest absolute Gasteiger partial charge is 0.271 e. The lowest BCUT2D eigenvalue weighted by atomic mass is 10.3. The fourth-order valence-corrected chi connectivity index (χ4v) is 0.902. The highest BCUT2D eigenvalue weighted by atomic mass is 16.7. The van der Waals surface area contributed by atoms with E-state index in [4.69, 9.17) is 0 Å². The van der Waals surface area contributed by atoms with Crippen molar-refractivity contribution in [2.45, 2.75) is 0 Å². The minimum atomic E-state index is -0.654. The van der Waals surface area contributed by atoms with Crippen molar-refractivity contribution >= 4 is 11.4 Å². The number of hydrazine groups is 1. The molecule has 1 rings (SSSR count). The molecule has 0 heterocycles. The summed E-state index contributed by atoms with van der Waals surface area (Å²) in [5.41, 5.74) is 0.000370. The molecule has 74 valence electrons. The number of nitro benzene ring substituents is 1. The molecule has 0 atom stereocenters. The predicted octanol–water partition coefficient (Wildman–Crippen LogP) is 1.22. The Bertz CT molecular complexity index is 379. The molecule has 0 N–H and O–H groups in total. The van der Waals surface area contributed by atoms with Gasteiger partial charge in [-0.3, -0.25) is 10.1 Å². The normalized spacial score (nSPS) is 9.50. The van der Waals surface area contributed by atoms with E-state index in [1.807, 2.05) is 0 Å². The topological polar surface area (TPSA) is 89.5 Å². The molecule has 7 heteroatoms. The molecule has 0 amide bonds. The minimum Gasteiger partial charge on any atom is -0.258 e. The standard InChI is InChI=1S/C7H7N3O4/c1-8(10(13)14)6-3-2-4-7(5-6)9(11)12/h2-5H,1H3. The summed E-state index contributed by atoms with van der Waals surface area (Å²) in [7, 11) is 1.22. The van der Waals surface area contributed by atoms with Crippen molar-refractivity contribution < 1.29 is 9.96 Å². The molecule has 0 spiro atoms. The third-order valence-electron chi connectivity index (χ3n) is 1.66. The molecule has 1 aromatic rings. The van der Waals surface area contributed by atoms with Gasteiger partial charge in [0.2, 0.25) is 0 Å². The van der Waals surface area contributed by atoms with Gasteiger partial charge in [0.15, 0.2) is 5.03 Å². The Morgan fingerprint density at radius 2 is 1.93 bits per heavy atom. The van der Waals surface area contributed by atoms with Crippen LogP contribution in [0.3, 0.4) is 0 Å². The van der Waals surface area contributed by atoms with Gasteiger partial charge in [0.05, 0.1) is 12.0 Å². The Hall–Kier alpha value is -2.18. The molecule has 0 aliphatic carbocycles. The van der Waals surface area contributed by atoms with Crippen molar-refractivity contribution in [1.82, 2.24) is 0 Å². The summed E-state index contributed by atoms with van der Waals surface area (Å²) in [6.45, 7) is 0. The summed E-state index contributed by atoms with van der Waals surface area (Å²) in [5.74, 6) is 0. The fraction of sp³-hybridized carbons (Fsp3) is 0.143. The summed E-state index contributed by atoms with van der Waals surface area (Å²) < 4.78 is 0. The van der Waals surface area contributed by atoms with Crippen LogP contribution in [0.15, 0.2) is 24.3 Å². The first-order valence-corrected chi connectivity index (χ1v) is 3.65. The SMILES string of the molecule is CN(c1cccc([N+](=O)[O-])c1)[N+](=O)[O-]. The average molecular weight is 197 g/mol. The van der Waals surface area contributed by atoms with Crippen molar-refractivity contribution in [3.63, 3.8) is 0 Å². The van der Waals surface area contributed by atoms with Crippen LogP contribution in [0.1, 0.15) is 0 Å². The van der Waals surface area contributed by atoms with Gasteiger partial charge < -0.3 is 0 Å². The zero-order chi connectivity index (χ0) is 10.7. The highest BCUT2D eigenvalue weighted by Gasteiger charge is 2.14. The molecule has 0 aliphatic heterocycles. The van der Waals surface area contributed by atoms with E-state index in [0.717, 1.165) is 6.07 Å². The number of nitro groups is 2. The van der Waals surface area contributed by atoms with Crippen molar-refractivity contribution in [2.24, 2.45) is 0 Å². The molecule has 1 aromatic carbocycles. The van der Waals surface area contributed by atoms with E-state index in [1.165, 1.54) is 25.2 Å². The lowest BCUT2D eigenvalue weighted by Crippen LogP contribution is -2.24. The molecule has 0 aromatic heterocycles. The fourth-order valence-electron chi connectivity index (χ4n) is 0.902. The molecule has 0 unspecified atom stereocenters. The maximum absolute atomic E-state index is 10.4. The van der Waals surface area contributed by atoms with Crippen LogP contribution in [0.25, 0.3) is 0 Å². The van der Waals surface area contributed by atoms with Gasteiger partial charge in [-0.05, 0) is 6.07 Å². The summed E-state index contributed by atoms with van der Waals surface area (Å²) in [5, 5.41) is 20.8. The van der Waals surface area contributed by atoms with Crippen LogP contribution in [-0.2, 0) is 0 Å². The molecule has 0 bridgehead atoms. The number of benzene rings is 1. The Kier molecular flexibility index (Phi) is 2.61. The lowest BCUT2D eigenvalue weighted by Gasteiger charge is -2.06. The Morgan fingerprint density at radius 1 is 1.29 bits per heavy atom. The monoisotopic (exact) mass is 197 g/mol. The smallest absolute Gasteiger partial charge is 0.258 e. The molecule has 0 fully saturated rings.